The Balaban J connectivity index is 2.50. The van der Waals surface area contributed by atoms with Gasteiger partial charge in [0.2, 0.25) is 5.91 Å². The SMILES string of the molecule is CCC(C)(C)NC(=S)NC(=O)Cc1cccc(F)c1. The smallest absolute Gasteiger partial charge is 0.230 e. The van der Waals surface area contributed by atoms with Crippen LogP contribution in [0.4, 0.5) is 4.39 Å². The van der Waals surface area contributed by atoms with Crippen LogP contribution >= 0.6 is 12.2 Å². The average Bonchev–Trinajstić information content (AvgIpc) is 2.27. The van der Waals surface area contributed by atoms with E-state index in [0.717, 1.165) is 6.42 Å². The van der Waals surface area contributed by atoms with E-state index in [1.807, 2.05) is 20.8 Å². The van der Waals surface area contributed by atoms with Crippen molar-refractivity contribution < 1.29 is 9.18 Å². The van der Waals surface area contributed by atoms with Crippen LogP contribution in [-0.2, 0) is 11.2 Å². The standard InChI is InChI=1S/C14H19FN2OS/c1-4-14(2,3)17-13(19)16-12(18)9-10-6-5-7-11(15)8-10/h5-8H,4,9H2,1-3H3,(H2,16,17,18,19). The lowest BCUT2D eigenvalue weighted by Gasteiger charge is -2.26. The number of benzene rings is 1. The third kappa shape index (κ3) is 5.79. The molecule has 3 nitrogen and oxygen atoms in total. The zero-order valence-corrected chi connectivity index (χ0v) is 12.2. The van der Waals surface area contributed by atoms with Crippen molar-refractivity contribution in [3.63, 3.8) is 0 Å². The number of hydrogen-bond acceptors (Lipinski definition) is 2. The largest absolute Gasteiger partial charge is 0.358 e. The molecule has 1 amide bonds. The molecule has 0 atom stereocenters. The van der Waals surface area contributed by atoms with Crippen molar-refractivity contribution in [2.24, 2.45) is 0 Å². The lowest BCUT2D eigenvalue weighted by Crippen LogP contribution is -2.49. The Morgan fingerprint density at radius 1 is 1.42 bits per heavy atom. The van der Waals surface area contributed by atoms with E-state index in [-0.39, 0.29) is 23.7 Å². The highest BCUT2D eigenvalue weighted by Crippen LogP contribution is 2.07. The fourth-order valence-corrected chi connectivity index (χ4v) is 1.82. The first-order chi connectivity index (χ1) is 8.82. The molecule has 1 aromatic rings. The molecule has 1 rings (SSSR count). The highest BCUT2D eigenvalue weighted by atomic mass is 32.1. The monoisotopic (exact) mass is 282 g/mol. The van der Waals surface area contributed by atoms with E-state index in [4.69, 9.17) is 12.2 Å². The number of halogens is 1. The van der Waals surface area contributed by atoms with Crippen LogP contribution in [0, 0.1) is 5.82 Å². The zero-order valence-electron chi connectivity index (χ0n) is 11.4. The number of amides is 1. The molecular formula is C14H19FN2OS. The summed E-state index contributed by atoms with van der Waals surface area (Å²) in [5, 5.41) is 5.96. The molecular weight excluding hydrogens is 263 g/mol. The third-order valence-electron chi connectivity index (χ3n) is 2.84. The normalized spacial score (nSPS) is 10.9. The van der Waals surface area contributed by atoms with Gasteiger partial charge in [-0.1, -0.05) is 19.1 Å². The van der Waals surface area contributed by atoms with Crippen molar-refractivity contribution in [3.8, 4) is 0 Å². The van der Waals surface area contributed by atoms with Crippen molar-refractivity contribution in [2.75, 3.05) is 0 Å². The molecule has 0 saturated heterocycles. The summed E-state index contributed by atoms with van der Waals surface area (Å²) in [5.74, 6) is -0.604. The maximum Gasteiger partial charge on any atom is 0.230 e. The van der Waals surface area contributed by atoms with Gasteiger partial charge in [-0.15, -0.1) is 0 Å². The summed E-state index contributed by atoms with van der Waals surface area (Å²) in [4.78, 5) is 11.7. The number of hydrogen-bond donors (Lipinski definition) is 2. The molecule has 0 aliphatic heterocycles. The number of nitrogens with one attached hydrogen (secondary N) is 2. The molecule has 104 valence electrons. The minimum absolute atomic E-state index is 0.103. The van der Waals surface area contributed by atoms with E-state index in [0.29, 0.717) is 10.7 Å². The van der Waals surface area contributed by atoms with Crippen molar-refractivity contribution >= 4 is 23.2 Å². The van der Waals surface area contributed by atoms with E-state index < -0.39 is 0 Å². The highest BCUT2D eigenvalue weighted by Gasteiger charge is 2.16. The summed E-state index contributed by atoms with van der Waals surface area (Å²) in [6.07, 6.45) is 0.985. The maximum absolute atomic E-state index is 13.0. The van der Waals surface area contributed by atoms with Crippen LogP contribution in [0.1, 0.15) is 32.8 Å². The first-order valence-electron chi connectivity index (χ1n) is 6.19. The van der Waals surface area contributed by atoms with Crippen LogP contribution in [0.25, 0.3) is 0 Å². The zero-order chi connectivity index (χ0) is 14.5. The Morgan fingerprint density at radius 3 is 2.68 bits per heavy atom. The van der Waals surface area contributed by atoms with Crippen LogP contribution in [-0.4, -0.2) is 16.6 Å². The molecule has 2 N–H and O–H groups in total. The van der Waals surface area contributed by atoms with Crippen LogP contribution in [0.5, 0.6) is 0 Å². The molecule has 0 aromatic heterocycles. The third-order valence-corrected chi connectivity index (χ3v) is 3.05. The Morgan fingerprint density at radius 2 is 2.11 bits per heavy atom. The molecule has 0 saturated carbocycles. The molecule has 5 heteroatoms. The van der Waals surface area contributed by atoms with Crippen LogP contribution in [0.2, 0.25) is 0 Å². The van der Waals surface area contributed by atoms with E-state index in [1.165, 1.54) is 12.1 Å². The highest BCUT2D eigenvalue weighted by molar-refractivity contribution is 7.80. The average molecular weight is 282 g/mol. The minimum Gasteiger partial charge on any atom is -0.358 e. The van der Waals surface area contributed by atoms with Crippen LogP contribution in [0.3, 0.4) is 0 Å². The Kier molecular flexibility index (Phi) is 5.42. The summed E-state index contributed by atoms with van der Waals surface area (Å²) in [6.45, 7) is 6.03. The van der Waals surface area contributed by atoms with Crippen molar-refractivity contribution in [1.29, 1.82) is 0 Å². The van der Waals surface area contributed by atoms with Crippen molar-refractivity contribution in [2.45, 2.75) is 39.2 Å². The molecule has 0 radical (unpaired) electrons. The second-order valence-electron chi connectivity index (χ2n) is 5.05. The first-order valence-corrected chi connectivity index (χ1v) is 6.59. The summed E-state index contributed by atoms with van der Waals surface area (Å²) in [6, 6.07) is 5.97. The summed E-state index contributed by atoms with van der Waals surface area (Å²) in [5.41, 5.74) is 0.457. The van der Waals surface area contributed by atoms with Crippen LogP contribution < -0.4 is 10.6 Å². The van der Waals surface area contributed by atoms with E-state index in [9.17, 15) is 9.18 Å². The minimum atomic E-state index is -0.349. The van der Waals surface area contributed by atoms with Gasteiger partial charge in [0.05, 0.1) is 6.42 Å². The van der Waals surface area contributed by atoms with Gasteiger partial charge in [-0.3, -0.25) is 4.79 Å². The van der Waals surface area contributed by atoms with Gasteiger partial charge >= 0.3 is 0 Å². The lowest BCUT2D eigenvalue weighted by atomic mass is 10.0. The quantitative estimate of drug-likeness (QED) is 0.834. The predicted octanol–water partition coefficient (Wildman–Crippen LogP) is 2.55. The molecule has 0 heterocycles. The van der Waals surface area contributed by atoms with Crippen molar-refractivity contribution in [3.05, 3.63) is 35.6 Å². The summed E-state index contributed by atoms with van der Waals surface area (Å²) in [7, 11) is 0. The topological polar surface area (TPSA) is 41.1 Å². The molecule has 1 aromatic carbocycles. The van der Waals surface area contributed by atoms with Gasteiger partial charge in [-0.05, 0) is 50.2 Å². The van der Waals surface area contributed by atoms with E-state index in [2.05, 4.69) is 10.6 Å². The molecule has 0 spiro atoms. The van der Waals surface area contributed by atoms with Gasteiger partial charge in [0.25, 0.3) is 0 Å². The Bertz CT molecular complexity index is 474. The molecule has 0 aliphatic carbocycles. The number of carbonyl (C=O) groups is 1. The Hall–Kier alpha value is -1.49. The second kappa shape index (κ2) is 6.61. The Labute approximate surface area is 118 Å². The second-order valence-corrected chi connectivity index (χ2v) is 5.45. The van der Waals surface area contributed by atoms with Crippen LogP contribution in [0.15, 0.2) is 24.3 Å². The number of carbonyl (C=O) groups excluding carboxylic acids is 1. The first kappa shape index (κ1) is 15.6. The van der Waals surface area contributed by atoms with Gasteiger partial charge in [0.1, 0.15) is 5.82 Å². The molecule has 19 heavy (non-hydrogen) atoms. The predicted molar refractivity (Wildman–Crippen MR) is 78.4 cm³/mol. The summed E-state index contributed by atoms with van der Waals surface area (Å²) < 4.78 is 13.0. The molecule has 0 unspecified atom stereocenters. The molecule has 0 bridgehead atoms. The van der Waals surface area contributed by atoms with Gasteiger partial charge in [-0.2, -0.15) is 0 Å². The van der Waals surface area contributed by atoms with Crippen molar-refractivity contribution in [1.82, 2.24) is 10.6 Å². The summed E-state index contributed by atoms with van der Waals surface area (Å²) >= 11 is 5.07. The van der Waals surface area contributed by atoms with Gasteiger partial charge in [0.15, 0.2) is 5.11 Å². The van der Waals surface area contributed by atoms with E-state index in [1.54, 1.807) is 12.1 Å². The van der Waals surface area contributed by atoms with E-state index >= 15 is 0 Å². The number of rotatable bonds is 4. The van der Waals surface area contributed by atoms with Gasteiger partial charge in [-0.25, -0.2) is 4.39 Å². The fourth-order valence-electron chi connectivity index (χ4n) is 1.43. The lowest BCUT2D eigenvalue weighted by molar-refractivity contribution is -0.119. The fraction of sp³-hybridized carbons (Fsp3) is 0.429. The molecule has 0 aliphatic rings. The van der Waals surface area contributed by atoms with Gasteiger partial charge in [0, 0.05) is 5.54 Å². The van der Waals surface area contributed by atoms with Gasteiger partial charge < -0.3 is 10.6 Å². The molecule has 0 fully saturated rings. The maximum atomic E-state index is 13.0. The number of thiocarbonyl (C=S) groups is 1.